The maximum atomic E-state index is 12.5. The van der Waals surface area contributed by atoms with Gasteiger partial charge in [0.15, 0.2) is 0 Å². The number of esters is 1. The molecule has 4 N–H and O–H groups in total. The van der Waals surface area contributed by atoms with E-state index in [0.717, 1.165) is 11.2 Å². The molecule has 2 aromatic carbocycles. The summed E-state index contributed by atoms with van der Waals surface area (Å²) >= 11 is 0. The fourth-order valence-corrected chi connectivity index (χ4v) is 3.08. The first kappa shape index (κ1) is 23.6. The molecule has 0 aliphatic carbocycles. The Morgan fingerprint density at radius 3 is 2.27 bits per heavy atom. The zero-order valence-corrected chi connectivity index (χ0v) is 19.4. The third kappa shape index (κ3) is 6.49. The van der Waals surface area contributed by atoms with Crippen molar-refractivity contribution in [2.45, 2.75) is 26.4 Å². The largest absolute Gasteiger partial charge is 0.456 e. The van der Waals surface area contributed by atoms with Crippen LogP contribution in [-0.2, 0) is 9.53 Å². The molecular weight excluding hydrogens is 422 g/mol. The van der Waals surface area contributed by atoms with Gasteiger partial charge >= 0.3 is 12.0 Å². The SMILES string of the molecule is CN(C)c1ccc(NC(=O)NCC(=O)Nc2ccc3[nH]cc(C(=O)OC(C)(C)C)c3c2)cc1. The van der Waals surface area contributed by atoms with Crippen LogP contribution in [0.4, 0.5) is 21.9 Å². The summed E-state index contributed by atoms with van der Waals surface area (Å²) in [5.74, 6) is -0.851. The molecule has 0 aliphatic rings. The van der Waals surface area contributed by atoms with Crippen LogP contribution < -0.4 is 20.9 Å². The lowest BCUT2D eigenvalue weighted by Gasteiger charge is -2.19. The molecule has 3 rings (SSSR count). The number of aromatic amines is 1. The average molecular weight is 452 g/mol. The second-order valence-electron chi connectivity index (χ2n) is 8.76. The molecule has 0 unspecified atom stereocenters. The second-order valence-corrected chi connectivity index (χ2v) is 8.76. The van der Waals surface area contributed by atoms with Gasteiger partial charge in [-0.05, 0) is 63.2 Å². The highest BCUT2D eigenvalue weighted by molar-refractivity contribution is 6.06. The van der Waals surface area contributed by atoms with Gasteiger partial charge in [0.05, 0.1) is 12.1 Å². The van der Waals surface area contributed by atoms with Crippen LogP contribution in [0.15, 0.2) is 48.7 Å². The van der Waals surface area contributed by atoms with Crippen molar-refractivity contribution in [3.8, 4) is 0 Å². The number of H-pyrrole nitrogens is 1. The van der Waals surface area contributed by atoms with Gasteiger partial charge < -0.3 is 30.6 Å². The minimum absolute atomic E-state index is 0.217. The van der Waals surface area contributed by atoms with Crippen molar-refractivity contribution < 1.29 is 19.1 Å². The molecular formula is C24H29N5O4. The predicted molar refractivity (Wildman–Crippen MR) is 130 cm³/mol. The van der Waals surface area contributed by atoms with E-state index in [2.05, 4.69) is 20.9 Å². The van der Waals surface area contributed by atoms with Gasteiger partial charge in [0.2, 0.25) is 5.91 Å². The number of fused-ring (bicyclic) bond motifs is 1. The van der Waals surface area contributed by atoms with E-state index in [0.29, 0.717) is 22.3 Å². The summed E-state index contributed by atoms with van der Waals surface area (Å²) in [6, 6.07) is 12.0. The van der Waals surface area contributed by atoms with E-state index in [4.69, 9.17) is 4.74 Å². The van der Waals surface area contributed by atoms with E-state index in [-0.39, 0.29) is 6.54 Å². The van der Waals surface area contributed by atoms with Crippen LogP contribution in [0, 0.1) is 0 Å². The summed E-state index contributed by atoms with van der Waals surface area (Å²) in [6.45, 7) is 5.18. The third-order valence-electron chi connectivity index (χ3n) is 4.64. The summed E-state index contributed by atoms with van der Waals surface area (Å²) in [7, 11) is 3.86. The normalized spacial score (nSPS) is 11.1. The van der Waals surface area contributed by atoms with Gasteiger partial charge in [-0.15, -0.1) is 0 Å². The van der Waals surface area contributed by atoms with Crippen LogP contribution in [0.1, 0.15) is 31.1 Å². The zero-order valence-electron chi connectivity index (χ0n) is 19.4. The number of benzene rings is 2. The fraction of sp³-hybridized carbons (Fsp3) is 0.292. The second kappa shape index (κ2) is 9.64. The standard InChI is InChI=1S/C24H29N5O4/c1-24(2,3)33-22(31)19-13-25-20-11-8-16(12-18(19)20)27-21(30)14-26-23(32)28-15-6-9-17(10-7-15)29(4)5/h6-13,25H,14H2,1-5H3,(H,27,30)(H2,26,28,32). The molecule has 9 nitrogen and oxygen atoms in total. The zero-order chi connectivity index (χ0) is 24.2. The monoisotopic (exact) mass is 451 g/mol. The topological polar surface area (TPSA) is 116 Å². The fourth-order valence-electron chi connectivity index (χ4n) is 3.08. The van der Waals surface area contributed by atoms with E-state index in [9.17, 15) is 14.4 Å². The maximum absolute atomic E-state index is 12.5. The van der Waals surface area contributed by atoms with Crippen LogP contribution in [0.5, 0.6) is 0 Å². The van der Waals surface area contributed by atoms with E-state index in [1.54, 1.807) is 57.3 Å². The molecule has 0 spiro atoms. The minimum Gasteiger partial charge on any atom is -0.456 e. The van der Waals surface area contributed by atoms with E-state index < -0.39 is 23.5 Å². The summed E-state index contributed by atoms with van der Waals surface area (Å²) in [4.78, 5) is 41.8. The van der Waals surface area contributed by atoms with E-state index in [1.165, 1.54) is 0 Å². The highest BCUT2D eigenvalue weighted by Gasteiger charge is 2.21. The van der Waals surface area contributed by atoms with Crippen LogP contribution >= 0.6 is 0 Å². The number of ether oxygens (including phenoxy) is 1. The van der Waals surface area contributed by atoms with E-state index >= 15 is 0 Å². The number of amides is 3. The Bertz CT molecular complexity index is 1160. The quantitative estimate of drug-likeness (QED) is 0.424. The molecule has 0 saturated carbocycles. The van der Waals surface area contributed by atoms with Gasteiger partial charge in [0.1, 0.15) is 5.60 Å². The van der Waals surface area contributed by atoms with Crippen molar-refractivity contribution in [1.82, 2.24) is 10.3 Å². The molecule has 3 aromatic rings. The molecule has 0 fully saturated rings. The molecule has 0 atom stereocenters. The van der Waals surface area contributed by atoms with Crippen molar-refractivity contribution in [2.24, 2.45) is 0 Å². The minimum atomic E-state index is -0.618. The molecule has 9 heteroatoms. The summed E-state index contributed by atoms with van der Waals surface area (Å²) in [5, 5.41) is 8.56. The van der Waals surface area contributed by atoms with Crippen molar-refractivity contribution in [3.05, 3.63) is 54.2 Å². The molecule has 1 heterocycles. The van der Waals surface area contributed by atoms with Crippen LogP contribution in [0.3, 0.4) is 0 Å². The first-order valence-electron chi connectivity index (χ1n) is 10.5. The number of hydrogen-bond donors (Lipinski definition) is 4. The smallest absolute Gasteiger partial charge is 0.340 e. The molecule has 0 aliphatic heterocycles. The van der Waals surface area contributed by atoms with E-state index in [1.807, 2.05) is 31.1 Å². The summed E-state index contributed by atoms with van der Waals surface area (Å²) < 4.78 is 5.44. The van der Waals surface area contributed by atoms with Gasteiger partial charge in [0.25, 0.3) is 0 Å². The van der Waals surface area contributed by atoms with Crippen molar-refractivity contribution in [2.75, 3.05) is 36.2 Å². The number of carbonyl (C=O) groups is 3. The number of carbonyl (C=O) groups excluding carboxylic acids is 3. The Morgan fingerprint density at radius 2 is 1.64 bits per heavy atom. The van der Waals surface area contributed by atoms with Gasteiger partial charge in [-0.2, -0.15) is 0 Å². The number of aromatic nitrogens is 1. The lowest BCUT2D eigenvalue weighted by Crippen LogP contribution is -2.35. The summed E-state index contributed by atoms with van der Waals surface area (Å²) in [5.41, 5.74) is 2.63. The number of urea groups is 1. The lowest BCUT2D eigenvalue weighted by atomic mass is 10.1. The Balaban J connectivity index is 1.57. The number of hydrogen-bond acceptors (Lipinski definition) is 5. The molecule has 0 radical (unpaired) electrons. The van der Waals surface area contributed by atoms with Crippen molar-refractivity contribution in [1.29, 1.82) is 0 Å². The van der Waals surface area contributed by atoms with Gasteiger partial charge in [-0.25, -0.2) is 9.59 Å². The number of nitrogens with zero attached hydrogens (tertiary/aromatic N) is 1. The first-order valence-corrected chi connectivity index (χ1v) is 10.5. The Morgan fingerprint density at radius 1 is 0.970 bits per heavy atom. The molecule has 33 heavy (non-hydrogen) atoms. The molecule has 1 aromatic heterocycles. The lowest BCUT2D eigenvalue weighted by molar-refractivity contribution is -0.115. The highest BCUT2D eigenvalue weighted by Crippen LogP contribution is 2.24. The van der Waals surface area contributed by atoms with Gasteiger partial charge in [0, 0.05) is 48.3 Å². The molecule has 3 amide bonds. The number of rotatable bonds is 6. The van der Waals surface area contributed by atoms with Crippen LogP contribution in [-0.4, -0.2) is 49.1 Å². The van der Waals surface area contributed by atoms with Crippen LogP contribution in [0.2, 0.25) is 0 Å². The molecule has 0 bridgehead atoms. The third-order valence-corrected chi connectivity index (χ3v) is 4.64. The van der Waals surface area contributed by atoms with Crippen molar-refractivity contribution >= 4 is 45.9 Å². The van der Waals surface area contributed by atoms with Crippen LogP contribution in [0.25, 0.3) is 10.9 Å². The Hall–Kier alpha value is -4.01. The van der Waals surface area contributed by atoms with Gasteiger partial charge in [-0.3, -0.25) is 4.79 Å². The molecule has 0 saturated heterocycles. The predicted octanol–water partition coefficient (Wildman–Crippen LogP) is 3.95. The average Bonchev–Trinajstić information content (AvgIpc) is 3.15. The first-order chi connectivity index (χ1) is 15.5. The number of nitrogens with one attached hydrogen (secondary N) is 4. The highest BCUT2D eigenvalue weighted by atomic mass is 16.6. The maximum Gasteiger partial charge on any atom is 0.340 e. The summed E-state index contributed by atoms with van der Waals surface area (Å²) in [6.07, 6.45) is 1.58. The molecule has 174 valence electrons. The van der Waals surface area contributed by atoms with Gasteiger partial charge in [-0.1, -0.05) is 0 Å². The Labute approximate surface area is 192 Å². The number of anilines is 3. The Kier molecular flexibility index (Phi) is 6.91. The van der Waals surface area contributed by atoms with Crippen molar-refractivity contribution in [3.63, 3.8) is 0 Å².